The van der Waals surface area contributed by atoms with Gasteiger partial charge in [-0.05, 0) is 6.07 Å². The van der Waals surface area contributed by atoms with Gasteiger partial charge < -0.3 is 10.1 Å². The fourth-order valence-corrected chi connectivity index (χ4v) is 4.65. The van der Waals surface area contributed by atoms with Crippen LogP contribution in [0.3, 0.4) is 0 Å². The van der Waals surface area contributed by atoms with Crippen molar-refractivity contribution in [2.75, 3.05) is 39.8 Å². The van der Waals surface area contributed by atoms with Gasteiger partial charge >= 0.3 is 0 Å². The highest BCUT2D eigenvalue weighted by atomic mass is 32.2. The number of methoxy groups -OCH3 is 1. The van der Waals surface area contributed by atoms with E-state index in [2.05, 4.69) is 5.32 Å². The third kappa shape index (κ3) is 3.27. The van der Waals surface area contributed by atoms with Crippen LogP contribution >= 0.6 is 0 Å². The highest BCUT2D eigenvalue weighted by Crippen LogP contribution is 2.32. The lowest BCUT2D eigenvalue weighted by Crippen LogP contribution is -2.53. The van der Waals surface area contributed by atoms with Gasteiger partial charge in [0.1, 0.15) is 5.75 Å². The second kappa shape index (κ2) is 7.41. The summed E-state index contributed by atoms with van der Waals surface area (Å²) < 4.78 is 34.3. The van der Waals surface area contributed by atoms with E-state index in [-0.39, 0.29) is 6.04 Å². The van der Waals surface area contributed by atoms with Crippen LogP contribution in [-0.2, 0) is 10.2 Å². The average Bonchev–Trinajstić information content (AvgIpc) is 2.55. The maximum atomic E-state index is 12.9. The molecule has 2 rings (SSSR count). The molecule has 0 saturated carbocycles. The molecule has 1 aliphatic rings. The zero-order valence-corrected chi connectivity index (χ0v) is 14.3. The van der Waals surface area contributed by atoms with Crippen LogP contribution < -0.4 is 10.1 Å². The molecule has 1 fully saturated rings. The molecule has 1 unspecified atom stereocenters. The summed E-state index contributed by atoms with van der Waals surface area (Å²) in [6, 6.07) is 7.35. The summed E-state index contributed by atoms with van der Waals surface area (Å²) >= 11 is 0. The first kappa shape index (κ1) is 17.2. The van der Waals surface area contributed by atoms with Gasteiger partial charge in [0.2, 0.25) is 0 Å². The number of hydrogen-bond acceptors (Lipinski definition) is 4. The molecule has 1 N–H and O–H groups in total. The maximum Gasteiger partial charge on any atom is 0.282 e. The highest BCUT2D eigenvalue weighted by Gasteiger charge is 2.37. The van der Waals surface area contributed by atoms with Gasteiger partial charge in [0.15, 0.2) is 0 Å². The van der Waals surface area contributed by atoms with Crippen LogP contribution in [0.5, 0.6) is 5.75 Å². The van der Waals surface area contributed by atoms with Crippen molar-refractivity contribution in [3.63, 3.8) is 0 Å². The lowest BCUT2D eigenvalue weighted by molar-refractivity contribution is 0.244. The van der Waals surface area contributed by atoms with Crippen LogP contribution in [-0.4, -0.2) is 56.9 Å². The molecule has 1 aliphatic heterocycles. The Balaban J connectivity index is 2.40. The first-order valence-corrected chi connectivity index (χ1v) is 9.06. The zero-order chi connectivity index (χ0) is 16.2. The number of nitrogens with zero attached hydrogens (tertiary/aromatic N) is 2. The molecule has 1 saturated heterocycles. The minimum absolute atomic E-state index is 0.254. The Morgan fingerprint density at radius 1 is 1.32 bits per heavy atom. The fourth-order valence-electron chi connectivity index (χ4n) is 2.87. The van der Waals surface area contributed by atoms with E-state index in [0.29, 0.717) is 32.7 Å². The van der Waals surface area contributed by atoms with Crippen molar-refractivity contribution < 1.29 is 13.2 Å². The van der Waals surface area contributed by atoms with Crippen molar-refractivity contribution in [1.29, 1.82) is 0 Å². The molecule has 1 aromatic rings. The summed E-state index contributed by atoms with van der Waals surface area (Å²) in [7, 11) is -1.87. The van der Waals surface area contributed by atoms with Crippen LogP contribution in [0.25, 0.3) is 0 Å². The van der Waals surface area contributed by atoms with Gasteiger partial charge in [0, 0.05) is 38.3 Å². The maximum absolute atomic E-state index is 12.9. The Bertz CT molecular complexity index is 587. The van der Waals surface area contributed by atoms with Crippen LogP contribution in [0.4, 0.5) is 0 Å². The number of ether oxygens (including phenoxy) is 1. The molecule has 1 heterocycles. The van der Waals surface area contributed by atoms with Gasteiger partial charge in [-0.15, -0.1) is 0 Å². The lowest BCUT2D eigenvalue weighted by atomic mass is 10.0. The van der Waals surface area contributed by atoms with Gasteiger partial charge in [-0.25, -0.2) is 0 Å². The number of benzene rings is 1. The fraction of sp³-hybridized carbons (Fsp3) is 0.600. The summed E-state index contributed by atoms with van der Waals surface area (Å²) in [5.74, 6) is 0.718. The standard InChI is InChI=1S/C15H25N3O3S/c1-4-17(5-2)22(19,20)18-11-10-16-12-14(18)13-8-6-7-9-15(13)21-3/h6-9,14,16H,4-5,10-12H2,1-3H3. The molecule has 0 amide bonds. The van der Waals surface area contributed by atoms with Crippen LogP contribution in [0, 0.1) is 0 Å². The second-order valence-electron chi connectivity index (χ2n) is 5.16. The molecule has 0 aliphatic carbocycles. The van der Waals surface area contributed by atoms with E-state index in [0.717, 1.165) is 11.3 Å². The Hall–Kier alpha value is -1.15. The minimum atomic E-state index is -3.48. The van der Waals surface area contributed by atoms with E-state index in [4.69, 9.17) is 4.74 Å². The molecule has 7 heteroatoms. The molecular formula is C15H25N3O3S. The van der Waals surface area contributed by atoms with E-state index in [1.165, 1.54) is 4.31 Å². The molecule has 0 radical (unpaired) electrons. The smallest absolute Gasteiger partial charge is 0.282 e. The van der Waals surface area contributed by atoms with E-state index in [1.807, 2.05) is 38.1 Å². The number of hydrogen-bond donors (Lipinski definition) is 1. The normalized spacial score (nSPS) is 20.3. The Morgan fingerprint density at radius 2 is 2.00 bits per heavy atom. The Morgan fingerprint density at radius 3 is 2.64 bits per heavy atom. The van der Waals surface area contributed by atoms with Crippen LogP contribution in [0.2, 0.25) is 0 Å². The monoisotopic (exact) mass is 327 g/mol. The Labute approximate surface area is 133 Å². The lowest BCUT2D eigenvalue weighted by Gasteiger charge is -2.38. The van der Waals surface area contributed by atoms with Crippen molar-refractivity contribution in [2.24, 2.45) is 0 Å². The topological polar surface area (TPSA) is 61.9 Å². The molecule has 6 nitrogen and oxygen atoms in total. The summed E-state index contributed by atoms with van der Waals surface area (Å²) in [5, 5.41) is 3.28. The van der Waals surface area contributed by atoms with E-state index < -0.39 is 10.2 Å². The third-order valence-corrected chi connectivity index (χ3v) is 6.22. The predicted octanol–water partition coefficient (Wildman–Crippen LogP) is 1.23. The van der Waals surface area contributed by atoms with Gasteiger partial charge in [0.05, 0.1) is 13.2 Å². The van der Waals surface area contributed by atoms with Crippen molar-refractivity contribution in [3.8, 4) is 5.75 Å². The number of piperazine rings is 1. The molecule has 0 spiro atoms. The Kier molecular flexibility index (Phi) is 5.80. The van der Waals surface area contributed by atoms with E-state index >= 15 is 0 Å². The molecule has 0 bridgehead atoms. The number of para-hydroxylation sites is 1. The molecule has 0 aromatic heterocycles. The quantitative estimate of drug-likeness (QED) is 0.854. The van der Waals surface area contributed by atoms with Crippen molar-refractivity contribution >= 4 is 10.2 Å². The van der Waals surface area contributed by atoms with Gasteiger partial charge in [-0.2, -0.15) is 17.0 Å². The predicted molar refractivity (Wildman–Crippen MR) is 87.2 cm³/mol. The summed E-state index contributed by atoms with van der Waals surface area (Å²) in [6.07, 6.45) is 0. The van der Waals surface area contributed by atoms with Gasteiger partial charge in [-0.3, -0.25) is 0 Å². The van der Waals surface area contributed by atoms with Crippen molar-refractivity contribution in [1.82, 2.24) is 13.9 Å². The van der Waals surface area contributed by atoms with Crippen LogP contribution in [0.15, 0.2) is 24.3 Å². The molecule has 1 aromatic carbocycles. The average molecular weight is 327 g/mol. The first-order valence-electron chi connectivity index (χ1n) is 7.66. The number of nitrogens with one attached hydrogen (secondary N) is 1. The third-order valence-electron chi connectivity index (χ3n) is 4.02. The van der Waals surface area contributed by atoms with Crippen molar-refractivity contribution in [2.45, 2.75) is 19.9 Å². The first-order chi connectivity index (χ1) is 10.6. The van der Waals surface area contributed by atoms with Gasteiger partial charge in [0.25, 0.3) is 10.2 Å². The van der Waals surface area contributed by atoms with Gasteiger partial charge in [-0.1, -0.05) is 32.0 Å². The zero-order valence-electron chi connectivity index (χ0n) is 13.4. The molecular weight excluding hydrogens is 302 g/mol. The largest absolute Gasteiger partial charge is 0.496 e. The highest BCUT2D eigenvalue weighted by molar-refractivity contribution is 7.86. The van der Waals surface area contributed by atoms with E-state index in [1.54, 1.807) is 11.4 Å². The molecule has 1 atom stereocenters. The summed E-state index contributed by atoms with van der Waals surface area (Å²) in [4.78, 5) is 0. The summed E-state index contributed by atoms with van der Waals surface area (Å²) in [5.41, 5.74) is 0.896. The van der Waals surface area contributed by atoms with E-state index in [9.17, 15) is 8.42 Å². The number of rotatable bonds is 6. The molecule has 22 heavy (non-hydrogen) atoms. The van der Waals surface area contributed by atoms with Crippen LogP contribution in [0.1, 0.15) is 25.5 Å². The second-order valence-corrected chi connectivity index (χ2v) is 7.05. The summed E-state index contributed by atoms with van der Waals surface area (Å²) in [6.45, 7) is 6.38. The minimum Gasteiger partial charge on any atom is -0.496 e. The van der Waals surface area contributed by atoms with Crippen molar-refractivity contribution in [3.05, 3.63) is 29.8 Å². The SMILES string of the molecule is CCN(CC)S(=O)(=O)N1CCNCC1c1ccccc1OC. The molecule has 124 valence electrons.